The van der Waals surface area contributed by atoms with Gasteiger partial charge in [-0.15, -0.1) is 0 Å². The summed E-state index contributed by atoms with van der Waals surface area (Å²) in [5.41, 5.74) is -1.05. The predicted octanol–water partition coefficient (Wildman–Crippen LogP) is 5.93. The van der Waals surface area contributed by atoms with Crippen LogP contribution in [0.25, 0.3) is 5.52 Å². The Morgan fingerprint density at radius 3 is 2.22 bits per heavy atom. The molecule has 7 aliphatic rings. The topological polar surface area (TPSA) is 272 Å². The van der Waals surface area contributed by atoms with Gasteiger partial charge in [0, 0.05) is 94.0 Å². The minimum atomic E-state index is -2.16. The maximum absolute atomic E-state index is 16.3. The van der Waals surface area contributed by atoms with Gasteiger partial charge in [0.05, 0.1) is 58.7 Å². The number of methoxy groups -OCH3 is 1. The van der Waals surface area contributed by atoms with Crippen molar-refractivity contribution in [3.63, 3.8) is 0 Å². The molecule has 20 nitrogen and oxygen atoms in total. The van der Waals surface area contributed by atoms with Crippen LogP contribution < -0.4 is 25.8 Å². The lowest BCUT2D eigenvalue weighted by Crippen LogP contribution is -2.50. The number of nitrogens with one attached hydrogen (secondary N) is 2. The number of Topliss-reactive ketones (excluding diaryl/α,β-unsaturated/α-hetero) is 3. The van der Waals surface area contributed by atoms with Crippen molar-refractivity contribution in [3.8, 4) is 11.5 Å². The number of carboxylic acid groups (broad SMARTS) is 1. The van der Waals surface area contributed by atoms with Crippen molar-refractivity contribution in [1.29, 1.82) is 0 Å². The number of piperidine rings is 1. The number of aryl methyl sites for hydroxylation is 1. The lowest BCUT2D eigenvalue weighted by Gasteiger charge is -2.38. The Morgan fingerprint density at radius 2 is 1.56 bits per heavy atom. The minimum absolute atomic E-state index is 0.0450. The molecule has 1 aromatic carbocycles. The average Bonchev–Trinajstić information content (AvgIpc) is 3.35. The van der Waals surface area contributed by atoms with E-state index < -0.39 is 129 Å². The summed E-state index contributed by atoms with van der Waals surface area (Å²) < 4.78 is 41.3. The zero-order valence-electron chi connectivity index (χ0n) is 47.3. The summed E-state index contributed by atoms with van der Waals surface area (Å²) in [4.78, 5) is 101. The molecule has 0 spiro atoms. The Labute approximate surface area is 468 Å². The fourth-order valence-electron chi connectivity index (χ4n) is 12.6. The van der Waals surface area contributed by atoms with E-state index in [0.29, 0.717) is 54.7 Å². The third kappa shape index (κ3) is 10.7. The van der Waals surface area contributed by atoms with E-state index in [4.69, 9.17) is 18.9 Å². The SMILES string of the molecule is CO[C@H]1C=CO[C@@]2(C)Oc3c(C)c(O)c4c(c3C2=O)C(=O)C(N2CCC(NC3CCCN(c5c(F)cn6c(=O)c(C(=O)O)cc(C7CC7)c6c5C)C3)C2)=C(NC(=O)C(C)=CC=C[C@H](C)[C@H](O)[C@@H](C)[C@@H](O)[C@@H](C)[C@H](OC(C)=O)[C@@H]1C)C4=O. The number of ketones is 3. The highest BCUT2D eigenvalue weighted by molar-refractivity contribution is 6.32. The first kappa shape index (κ1) is 58.5. The molecule has 81 heavy (non-hydrogen) atoms. The van der Waals surface area contributed by atoms with Gasteiger partial charge in [0.15, 0.2) is 5.82 Å². The summed E-state index contributed by atoms with van der Waals surface area (Å²) in [7, 11) is 1.41. The Bertz CT molecular complexity index is 3320. The third-order valence-electron chi connectivity index (χ3n) is 17.3. The molecular weight excluding hydrogens is 1050 g/mol. The van der Waals surface area contributed by atoms with Gasteiger partial charge in [-0.05, 0) is 82.1 Å². The quantitative estimate of drug-likeness (QED) is 0.143. The summed E-state index contributed by atoms with van der Waals surface area (Å²) in [6.07, 6.45) is 7.69. The number of benzene rings is 1. The van der Waals surface area contributed by atoms with Crippen LogP contribution in [0.3, 0.4) is 0 Å². The van der Waals surface area contributed by atoms with Crippen LogP contribution in [-0.4, -0.2) is 140 Å². The number of aromatic carboxylic acids is 1. The molecule has 10 rings (SSSR count). The number of aromatic hydroxyl groups is 1. The van der Waals surface area contributed by atoms with E-state index >= 15 is 14.0 Å². The minimum Gasteiger partial charge on any atom is -0.507 e. The molecule has 2 unspecified atom stereocenters. The largest absolute Gasteiger partial charge is 0.507 e. The first-order valence-corrected chi connectivity index (χ1v) is 27.7. The molecule has 434 valence electrons. The average molecular weight is 1120 g/mol. The van der Waals surface area contributed by atoms with Gasteiger partial charge in [0.1, 0.15) is 34.6 Å². The molecule has 2 aromatic heterocycles. The molecule has 2 saturated heterocycles. The Morgan fingerprint density at radius 1 is 0.864 bits per heavy atom. The second kappa shape index (κ2) is 22.6. The Kier molecular flexibility index (Phi) is 16.3. The maximum Gasteiger partial charge on any atom is 0.341 e. The molecule has 1 saturated carbocycles. The molecule has 0 radical (unpaired) electrons. The molecule has 2 aliphatic carbocycles. The van der Waals surface area contributed by atoms with Crippen molar-refractivity contribution in [1.82, 2.24) is 19.9 Å². The van der Waals surface area contributed by atoms with E-state index in [0.717, 1.165) is 29.7 Å². The number of hydrogen-bond acceptors (Lipinski definition) is 17. The van der Waals surface area contributed by atoms with Crippen LogP contribution >= 0.6 is 0 Å². The summed E-state index contributed by atoms with van der Waals surface area (Å²) in [5.74, 6) is -11.7. The number of hydrogen-bond donors (Lipinski definition) is 6. The zero-order chi connectivity index (χ0) is 58.8. The van der Waals surface area contributed by atoms with Crippen LogP contribution in [0.1, 0.15) is 145 Å². The molecule has 1 amide bonds. The number of ether oxygens (including phenoxy) is 4. The standard InChI is InChI=1S/C60H72FN5O15/c1-27-13-11-14-28(2)57(74)63-45-48(65-21-18-37(25-65)62-36-15-12-20-64(24-36)47-30(4)46-38(35-16-17-35)23-39(59(76)77)58(75)66(46)26-40(47)61)53(72)42-43(52(45)71)51(70)33(7)55-44(42)56(73)60(9,81-55)79-22-19-41(78-10)29(3)54(80-34(8)67)32(6)50(69)31(5)49(27)68/h11,13-14,19,22-23,26-27,29,31-32,35-37,41,49-50,54,62,68-70H,12,15-18,20-21,24-25H2,1-10H3,(H,63,74)(H,76,77)/t27-,29+,31+,32+,36?,37?,41-,49-,50+,54+,60-/m0/s1. The normalized spacial score (nSPS) is 29.5. The van der Waals surface area contributed by atoms with E-state index in [1.54, 1.807) is 51.7 Å². The van der Waals surface area contributed by atoms with Crippen molar-refractivity contribution in [2.75, 3.05) is 38.2 Å². The number of esters is 1. The second-order valence-electron chi connectivity index (χ2n) is 23.0. The Hall–Kier alpha value is -7.20. The van der Waals surface area contributed by atoms with Gasteiger partial charge in [-0.3, -0.25) is 33.2 Å². The van der Waals surface area contributed by atoms with Crippen LogP contribution in [0.15, 0.2) is 64.6 Å². The number of pyridine rings is 2. The lowest BCUT2D eigenvalue weighted by molar-refractivity contribution is -0.160. The highest BCUT2D eigenvalue weighted by Gasteiger charge is 2.54. The van der Waals surface area contributed by atoms with Crippen molar-refractivity contribution in [3.05, 3.63) is 115 Å². The molecule has 7 heterocycles. The number of nitrogens with zero attached hydrogens (tertiary/aromatic N) is 3. The van der Waals surface area contributed by atoms with Gasteiger partial charge in [0.2, 0.25) is 11.6 Å². The number of halogens is 1. The fourth-order valence-corrected chi connectivity index (χ4v) is 12.6. The summed E-state index contributed by atoms with van der Waals surface area (Å²) in [6, 6.07) is 0.904. The molecule has 5 aliphatic heterocycles. The Balaban J connectivity index is 1.05. The van der Waals surface area contributed by atoms with E-state index in [9.17, 15) is 44.4 Å². The van der Waals surface area contributed by atoms with Gasteiger partial charge in [-0.2, -0.15) is 0 Å². The predicted molar refractivity (Wildman–Crippen MR) is 294 cm³/mol. The monoisotopic (exact) mass is 1120 g/mol. The summed E-state index contributed by atoms with van der Waals surface area (Å²) in [6.45, 7) is 15.2. The van der Waals surface area contributed by atoms with Crippen LogP contribution in [0.2, 0.25) is 0 Å². The van der Waals surface area contributed by atoms with Crippen LogP contribution in [0.5, 0.6) is 11.5 Å². The molecule has 5 bridgehead atoms. The fraction of sp³-hybridized carbons (Fsp3) is 0.517. The number of allylic oxidation sites excluding steroid dienone is 4. The first-order chi connectivity index (χ1) is 38.3. The second-order valence-corrected chi connectivity index (χ2v) is 23.0. The van der Waals surface area contributed by atoms with Gasteiger partial charge >= 0.3 is 17.7 Å². The van der Waals surface area contributed by atoms with Crippen molar-refractivity contribution < 1.29 is 72.5 Å². The number of amides is 1. The highest BCUT2D eigenvalue weighted by Crippen LogP contribution is 2.50. The number of aliphatic hydroxyl groups is 2. The van der Waals surface area contributed by atoms with Gasteiger partial charge < -0.3 is 59.8 Å². The van der Waals surface area contributed by atoms with Crippen molar-refractivity contribution in [2.45, 2.75) is 143 Å². The van der Waals surface area contributed by atoms with E-state index in [1.807, 2.05) is 4.90 Å². The van der Waals surface area contributed by atoms with Gasteiger partial charge in [-0.25, -0.2) is 9.18 Å². The molecular formula is C60H72FN5O15. The smallest absolute Gasteiger partial charge is 0.341 e. The first-order valence-electron chi connectivity index (χ1n) is 27.7. The van der Waals surface area contributed by atoms with Gasteiger partial charge in [-0.1, -0.05) is 45.9 Å². The third-order valence-corrected chi connectivity index (χ3v) is 17.3. The number of carboxylic acids is 1. The van der Waals surface area contributed by atoms with Crippen molar-refractivity contribution in [2.24, 2.45) is 23.7 Å². The highest BCUT2D eigenvalue weighted by atomic mass is 19.1. The molecule has 11 atom stereocenters. The number of aliphatic hydroxyl groups excluding tert-OH is 2. The van der Waals surface area contributed by atoms with Crippen molar-refractivity contribution >= 4 is 46.4 Å². The van der Waals surface area contributed by atoms with E-state index in [1.165, 1.54) is 53.0 Å². The zero-order valence-corrected chi connectivity index (χ0v) is 47.3. The number of likely N-dealkylation sites (tertiary alicyclic amines) is 1. The number of fused-ring (bicyclic) bond motifs is 15. The molecule has 6 N–H and O–H groups in total. The maximum atomic E-state index is 16.3. The number of rotatable bonds is 8. The summed E-state index contributed by atoms with van der Waals surface area (Å²) >= 11 is 0. The van der Waals surface area contributed by atoms with Crippen LogP contribution in [-0.2, 0) is 23.8 Å². The van der Waals surface area contributed by atoms with E-state index in [-0.39, 0.29) is 59.2 Å². The lowest BCUT2D eigenvalue weighted by atomic mass is 9.78. The van der Waals surface area contributed by atoms with E-state index in [2.05, 4.69) is 10.6 Å². The van der Waals surface area contributed by atoms with Gasteiger partial charge in [0.25, 0.3) is 17.2 Å². The number of phenols is 1. The number of anilines is 1. The molecule has 21 heteroatoms. The number of aromatic nitrogens is 1. The van der Waals surface area contributed by atoms with Crippen LogP contribution in [0, 0.1) is 43.3 Å². The molecule has 3 aromatic rings. The van der Waals surface area contributed by atoms with Crippen LogP contribution in [0.4, 0.5) is 10.1 Å². The number of carbonyl (C=O) groups is 6. The molecule has 3 fully saturated rings. The summed E-state index contributed by atoms with van der Waals surface area (Å²) in [5, 5.41) is 51.2. The number of phenolic OH excluding ortho intramolecular Hbond substituents is 1. The number of carbonyl (C=O) groups excluding carboxylic acids is 5.